The number of rotatable bonds is 3. The zero-order valence-corrected chi connectivity index (χ0v) is 14.8. The minimum Gasteiger partial charge on any atom is -0.360 e. The number of nitrogens with zero attached hydrogens (tertiary/aromatic N) is 4. The summed E-state index contributed by atoms with van der Waals surface area (Å²) in [4.78, 5) is 40.3. The van der Waals surface area contributed by atoms with Gasteiger partial charge in [-0.25, -0.2) is 23.1 Å². The summed E-state index contributed by atoms with van der Waals surface area (Å²) in [6, 6.07) is -0.410. The zero-order chi connectivity index (χ0) is 20.1. The average Bonchev–Trinajstić information content (AvgIpc) is 3.18. The maximum Gasteiger partial charge on any atom is 0.321 e. The van der Waals surface area contributed by atoms with Crippen molar-refractivity contribution in [2.24, 2.45) is 0 Å². The second-order valence-electron chi connectivity index (χ2n) is 6.80. The number of fused-ring (bicyclic) bond motifs is 1. The molecule has 0 spiro atoms. The molecule has 2 fully saturated rings. The molecule has 2 saturated heterocycles. The number of urea groups is 1. The van der Waals surface area contributed by atoms with Crippen molar-refractivity contribution < 1.29 is 23.2 Å². The Kier molecular flexibility index (Phi) is 4.12. The Bertz CT molecular complexity index is 976. The lowest BCUT2D eigenvalue weighted by molar-refractivity contribution is -0.122. The number of hydrogen-bond acceptors (Lipinski definition) is 6. The van der Waals surface area contributed by atoms with Crippen LogP contribution in [0.25, 0.3) is 5.65 Å². The average molecular weight is 393 g/mol. The number of halogens is 2. The summed E-state index contributed by atoms with van der Waals surface area (Å²) in [5.74, 6) is -4.96. The number of amides is 4. The van der Waals surface area contributed by atoms with E-state index in [-0.39, 0.29) is 13.1 Å². The van der Waals surface area contributed by atoms with Gasteiger partial charge in [-0.05, 0) is 6.07 Å². The summed E-state index contributed by atoms with van der Waals surface area (Å²) in [5.41, 5.74) is 1.03. The van der Waals surface area contributed by atoms with Gasteiger partial charge in [0.2, 0.25) is 11.8 Å². The Morgan fingerprint density at radius 2 is 2.18 bits per heavy atom. The van der Waals surface area contributed by atoms with Crippen LogP contribution < -0.4 is 20.9 Å². The third-order valence-corrected chi connectivity index (χ3v) is 4.77. The molecule has 2 aliphatic heterocycles. The van der Waals surface area contributed by atoms with E-state index in [0.717, 1.165) is 0 Å². The number of carbonyl (C=O) groups excluding carboxylic acids is 3. The Morgan fingerprint density at radius 1 is 1.39 bits per heavy atom. The van der Waals surface area contributed by atoms with Gasteiger partial charge in [-0.1, -0.05) is 0 Å². The molecule has 4 heterocycles. The maximum atomic E-state index is 14.4. The predicted octanol–water partition coefficient (Wildman–Crippen LogP) is -0.388. The van der Waals surface area contributed by atoms with Gasteiger partial charge in [0.25, 0.3) is 5.92 Å². The van der Waals surface area contributed by atoms with Gasteiger partial charge in [-0.15, -0.1) is 0 Å². The molecule has 0 aliphatic carbocycles. The largest absolute Gasteiger partial charge is 0.360 e. The van der Waals surface area contributed by atoms with Crippen LogP contribution in [0.15, 0.2) is 18.5 Å². The summed E-state index contributed by atoms with van der Waals surface area (Å²) in [6.45, 7) is 0.498. The highest BCUT2D eigenvalue weighted by Crippen LogP contribution is 2.34. The van der Waals surface area contributed by atoms with E-state index in [0.29, 0.717) is 17.0 Å². The van der Waals surface area contributed by atoms with Crippen molar-refractivity contribution in [3.8, 4) is 0 Å². The lowest BCUT2D eigenvalue weighted by Crippen LogP contribution is -2.51. The molecule has 10 nitrogen and oxygen atoms in total. The number of alkyl halides is 2. The van der Waals surface area contributed by atoms with E-state index < -0.39 is 42.3 Å². The number of carbonyl (C=O) groups is 3. The van der Waals surface area contributed by atoms with Gasteiger partial charge in [0, 0.05) is 32.4 Å². The molecule has 0 saturated carbocycles. The Labute approximate surface area is 157 Å². The summed E-state index contributed by atoms with van der Waals surface area (Å²) >= 11 is 0. The first-order valence-electron chi connectivity index (χ1n) is 8.57. The molecule has 0 aromatic carbocycles. The van der Waals surface area contributed by atoms with Crippen LogP contribution in [0, 0.1) is 0 Å². The summed E-state index contributed by atoms with van der Waals surface area (Å²) in [5, 5.41) is 11.3. The molecule has 4 rings (SSSR count). The number of nitrogens with one attached hydrogen (secondary N) is 3. The zero-order valence-electron chi connectivity index (χ0n) is 14.8. The molecule has 2 aliphatic rings. The Balaban J connectivity index is 1.71. The molecule has 0 bridgehead atoms. The monoisotopic (exact) mass is 393 g/mol. The van der Waals surface area contributed by atoms with Crippen LogP contribution >= 0.6 is 0 Å². The van der Waals surface area contributed by atoms with Gasteiger partial charge < -0.3 is 15.5 Å². The molecular weight excluding hydrogens is 376 g/mol. The van der Waals surface area contributed by atoms with Crippen molar-refractivity contribution in [2.45, 2.75) is 24.8 Å². The fourth-order valence-corrected chi connectivity index (χ4v) is 3.45. The maximum absolute atomic E-state index is 14.4. The van der Waals surface area contributed by atoms with Crippen molar-refractivity contribution >= 4 is 29.2 Å². The van der Waals surface area contributed by atoms with Gasteiger partial charge in [-0.2, -0.15) is 5.10 Å². The first-order valence-corrected chi connectivity index (χ1v) is 8.57. The van der Waals surface area contributed by atoms with Crippen molar-refractivity contribution in [3.05, 3.63) is 24.2 Å². The first-order chi connectivity index (χ1) is 13.2. The van der Waals surface area contributed by atoms with Gasteiger partial charge in [0.15, 0.2) is 5.65 Å². The van der Waals surface area contributed by atoms with E-state index in [9.17, 15) is 23.2 Å². The molecule has 12 heteroatoms. The van der Waals surface area contributed by atoms with Crippen molar-refractivity contribution in [3.63, 3.8) is 0 Å². The third-order valence-electron chi connectivity index (χ3n) is 4.77. The highest BCUT2D eigenvalue weighted by Gasteiger charge is 2.49. The van der Waals surface area contributed by atoms with Crippen molar-refractivity contribution in [2.75, 3.05) is 24.5 Å². The molecular formula is C16H17F2N7O3. The smallest absolute Gasteiger partial charge is 0.321 e. The number of imide groups is 1. The highest BCUT2D eigenvalue weighted by molar-refractivity contribution is 6.00. The second-order valence-corrected chi connectivity index (χ2v) is 6.80. The molecule has 28 heavy (non-hydrogen) atoms. The van der Waals surface area contributed by atoms with Gasteiger partial charge in [0.05, 0.1) is 23.8 Å². The van der Waals surface area contributed by atoms with E-state index in [4.69, 9.17) is 0 Å². The van der Waals surface area contributed by atoms with Crippen LogP contribution in [0.3, 0.4) is 0 Å². The fraction of sp³-hybridized carbons (Fsp3) is 0.438. The quantitative estimate of drug-likeness (QED) is 0.653. The highest BCUT2D eigenvalue weighted by atomic mass is 19.3. The lowest BCUT2D eigenvalue weighted by atomic mass is 10.0. The second kappa shape index (κ2) is 6.39. The minimum absolute atomic E-state index is 0.0436. The van der Waals surface area contributed by atoms with Crippen LogP contribution in [-0.2, 0) is 9.59 Å². The fourth-order valence-electron chi connectivity index (χ4n) is 3.45. The number of imidazole rings is 1. The molecule has 2 atom stereocenters. The van der Waals surface area contributed by atoms with Gasteiger partial charge in [0.1, 0.15) is 6.04 Å². The molecule has 148 valence electrons. The first kappa shape index (κ1) is 18.1. The van der Waals surface area contributed by atoms with Crippen LogP contribution in [0.2, 0.25) is 0 Å². The minimum atomic E-state index is -3.13. The van der Waals surface area contributed by atoms with E-state index in [2.05, 4.69) is 26.0 Å². The van der Waals surface area contributed by atoms with Crippen LogP contribution in [0.1, 0.15) is 18.5 Å². The summed E-state index contributed by atoms with van der Waals surface area (Å²) in [7, 11) is 0. The van der Waals surface area contributed by atoms with E-state index in [1.807, 2.05) is 0 Å². The lowest BCUT2D eigenvalue weighted by Gasteiger charge is -2.24. The number of aromatic nitrogens is 3. The standard InChI is InChI=1S/C16H17F2N7O3/c1-8(26)21-12-6-24(7-16(12,17)18)11-4-10(23-25-3-2-19-13(11)25)9-5-20-15(28)22-14(9)27/h2-4,9,12H,5-7H2,1H3,(H,21,26)(H2,20,22,27,28). The van der Waals surface area contributed by atoms with E-state index in [1.54, 1.807) is 6.20 Å². The van der Waals surface area contributed by atoms with Crippen LogP contribution in [-0.4, -0.2) is 64.0 Å². The summed E-state index contributed by atoms with van der Waals surface area (Å²) < 4.78 is 30.2. The van der Waals surface area contributed by atoms with Crippen molar-refractivity contribution in [1.29, 1.82) is 0 Å². The third kappa shape index (κ3) is 3.10. The molecule has 0 radical (unpaired) electrons. The molecule has 4 amide bonds. The topological polar surface area (TPSA) is 121 Å². The SMILES string of the molecule is CC(=O)NC1CN(c2cc(C3CNC(=O)NC3=O)nn3ccnc23)CC1(F)F. The molecule has 3 N–H and O–H groups in total. The van der Waals surface area contributed by atoms with Crippen molar-refractivity contribution in [1.82, 2.24) is 30.5 Å². The molecule has 2 unspecified atom stereocenters. The number of anilines is 1. The van der Waals surface area contributed by atoms with Crippen LogP contribution in [0.4, 0.5) is 19.3 Å². The molecule has 2 aromatic rings. The predicted molar refractivity (Wildman–Crippen MR) is 92.0 cm³/mol. The van der Waals surface area contributed by atoms with E-state index >= 15 is 0 Å². The van der Waals surface area contributed by atoms with Crippen LogP contribution in [0.5, 0.6) is 0 Å². The molecule has 2 aromatic heterocycles. The van der Waals surface area contributed by atoms with Gasteiger partial charge >= 0.3 is 6.03 Å². The summed E-state index contributed by atoms with van der Waals surface area (Å²) in [6.07, 6.45) is 3.01. The Morgan fingerprint density at radius 3 is 2.89 bits per heavy atom. The normalized spacial score (nSPS) is 24.2. The van der Waals surface area contributed by atoms with Gasteiger partial charge in [-0.3, -0.25) is 14.9 Å². The number of hydrogen-bond donors (Lipinski definition) is 3. The Hall–Kier alpha value is -3.31. The van der Waals surface area contributed by atoms with E-state index in [1.165, 1.54) is 28.6 Å².